The predicted octanol–water partition coefficient (Wildman–Crippen LogP) is 4.86. The second-order valence-electron chi connectivity index (χ2n) is 11.3. The van der Waals surface area contributed by atoms with Gasteiger partial charge in [-0.3, -0.25) is 9.59 Å². The molecule has 0 aliphatic carbocycles. The summed E-state index contributed by atoms with van der Waals surface area (Å²) in [4.78, 5) is 30.3. The number of halogens is 3. The molecule has 3 aromatic rings. The molecule has 3 aromatic carbocycles. The number of benzene rings is 3. The lowest BCUT2D eigenvalue weighted by Crippen LogP contribution is -2.50. The summed E-state index contributed by atoms with van der Waals surface area (Å²) in [5.74, 6) is -0.175. The van der Waals surface area contributed by atoms with E-state index in [0.29, 0.717) is 43.1 Å². The molecule has 3 aliphatic heterocycles. The second kappa shape index (κ2) is 13.8. The SMILES string of the molecule is Cl.O=C(c1cc(F)cc(C2CCNCC2)c1)N1CCN(C(=O)c2ccc(O[C@H]3CCNC3)c(-c3ccc(F)cc3)c2)CC1. The van der Waals surface area contributed by atoms with E-state index in [4.69, 9.17) is 4.74 Å². The van der Waals surface area contributed by atoms with Crippen molar-refractivity contribution in [3.63, 3.8) is 0 Å². The van der Waals surface area contributed by atoms with E-state index in [9.17, 15) is 18.4 Å². The van der Waals surface area contributed by atoms with Gasteiger partial charge in [-0.1, -0.05) is 12.1 Å². The number of nitrogens with zero attached hydrogens (tertiary/aromatic N) is 2. The van der Waals surface area contributed by atoms with Crippen molar-refractivity contribution in [1.82, 2.24) is 20.4 Å². The maximum Gasteiger partial charge on any atom is 0.254 e. The lowest BCUT2D eigenvalue weighted by Gasteiger charge is -2.35. The van der Waals surface area contributed by atoms with Gasteiger partial charge in [0.1, 0.15) is 23.5 Å². The quantitative estimate of drug-likeness (QED) is 0.417. The maximum atomic E-state index is 14.5. The number of hydrogen-bond acceptors (Lipinski definition) is 5. The second-order valence-corrected chi connectivity index (χ2v) is 11.3. The first-order chi connectivity index (χ1) is 20.4. The van der Waals surface area contributed by atoms with Crippen LogP contribution >= 0.6 is 12.4 Å². The number of carbonyl (C=O) groups excluding carboxylic acids is 2. The molecule has 43 heavy (non-hydrogen) atoms. The minimum atomic E-state index is -0.392. The smallest absolute Gasteiger partial charge is 0.254 e. The van der Waals surface area contributed by atoms with E-state index in [1.807, 2.05) is 12.1 Å². The largest absolute Gasteiger partial charge is 0.488 e. The highest BCUT2D eigenvalue weighted by molar-refractivity contribution is 5.97. The van der Waals surface area contributed by atoms with Crippen molar-refractivity contribution in [2.45, 2.75) is 31.3 Å². The van der Waals surface area contributed by atoms with Gasteiger partial charge in [-0.2, -0.15) is 0 Å². The van der Waals surface area contributed by atoms with E-state index < -0.39 is 5.82 Å². The Kier molecular flexibility index (Phi) is 9.95. The topological polar surface area (TPSA) is 73.9 Å². The number of rotatable bonds is 6. The molecule has 3 aliphatic rings. The average Bonchev–Trinajstić information content (AvgIpc) is 3.54. The van der Waals surface area contributed by atoms with Crippen molar-refractivity contribution in [3.8, 4) is 16.9 Å². The van der Waals surface area contributed by atoms with Gasteiger partial charge >= 0.3 is 0 Å². The van der Waals surface area contributed by atoms with Gasteiger partial charge < -0.3 is 25.2 Å². The fourth-order valence-electron chi connectivity index (χ4n) is 6.13. The highest BCUT2D eigenvalue weighted by Crippen LogP contribution is 2.33. The zero-order valence-electron chi connectivity index (χ0n) is 24.0. The van der Waals surface area contributed by atoms with Crippen LogP contribution in [0.5, 0.6) is 5.75 Å². The normalized spacial score (nSPS) is 19.2. The van der Waals surface area contributed by atoms with Crippen molar-refractivity contribution < 1.29 is 23.1 Å². The molecule has 2 N–H and O–H groups in total. The molecular weight excluding hydrogens is 574 g/mol. The summed E-state index contributed by atoms with van der Waals surface area (Å²) in [6.07, 6.45) is 2.77. The van der Waals surface area contributed by atoms with E-state index in [0.717, 1.165) is 62.1 Å². The summed E-state index contributed by atoms with van der Waals surface area (Å²) in [6, 6.07) is 16.2. The van der Waals surface area contributed by atoms with Crippen molar-refractivity contribution in [3.05, 3.63) is 89.0 Å². The Labute approximate surface area is 257 Å². The zero-order valence-corrected chi connectivity index (χ0v) is 24.8. The first kappa shape index (κ1) is 30.9. The van der Waals surface area contributed by atoms with Crippen molar-refractivity contribution in [2.75, 3.05) is 52.4 Å². The molecule has 3 saturated heterocycles. The Hall–Kier alpha value is -3.53. The molecule has 0 spiro atoms. The van der Waals surface area contributed by atoms with Crippen molar-refractivity contribution >= 4 is 24.2 Å². The fraction of sp³-hybridized carbons (Fsp3) is 0.394. The standard InChI is InChI=1S/C33H36F2N4O3.ClH/c34-27-4-1-23(2-5-27)30-20-24(3-6-31(30)42-29-9-12-37-21-29)32(40)38-13-15-39(16-14-38)33(41)26-17-25(18-28(35)19-26)22-7-10-36-11-8-22;/h1-6,17-20,22,29,36-37H,7-16,21H2;1H/t29-;/m0./s1. The number of nitrogens with one attached hydrogen (secondary N) is 2. The van der Waals surface area contributed by atoms with E-state index in [1.165, 1.54) is 18.2 Å². The molecule has 228 valence electrons. The molecule has 0 unspecified atom stereocenters. The Morgan fingerprint density at radius 1 is 0.721 bits per heavy atom. The third kappa shape index (κ3) is 7.17. The molecule has 1 atom stereocenters. The van der Waals surface area contributed by atoms with E-state index in [2.05, 4.69) is 10.6 Å². The van der Waals surface area contributed by atoms with Crippen LogP contribution in [0.4, 0.5) is 8.78 Å². The fourth-order valence-corrected chi connectivity index (χ4v) is 6.13. The van der Waals surface area contributed by atoms with Crippen LogP contribution < -0.4 is 15.4 Å². The Morgan fingerprint density at radius 2 is 1.37 bits per heavy atom. The highest BCUT2D eigenvalue weighted by Gasteiger charge is 2.28. The summed E-state index contributed by atoms with van der Waals surface area (Å²) >= 11 is 0. The first-order valence-electron chi connectivity index (χ1n) is 14.8. The van der Waals surface area contributed by atoms with Crippen LogP contribution in [0.15, 0.2) is 60.7 Å². The van der Waals surface area contributed by atoms with Crippen molar-refractivity contribution in [2.24, 2.45) is 0 Å². The average molecular weight is 611 g/mol. The van der Waals surface area contributed by atoms with Gasteiger partial charge in [0.25, 0.3) is 11.8 Å². The molecule has 0 aromatic heterocycles. The molecule has 0 saturated carbocycles. The number of hydrogen-bond donors (Lipinski definition) is 2. The van der Waals surface area contributed by atoms with Crippen LogP contribution in [0.1, 0.15) is 51.5 Å². The highest BCUT2D eigenvalue weighted by atomic mass is 35.5. The van der Waals surface area contributed by atoms with Crippen LogP contribution in [0, 0.1) is 11.6 Å². The number of carbonyl (C=O) groups is 2. The van der Waals surface area contributed by atoms with Gasteiger partial charge in [0.05, 0.1) is 0 Å². The van der Waals surface area contributed by atoms with Gasteiger partial charge in [-0.15, -0.1) is 12.4 Å². The first-order valence-corrected chi connectivity index (χ1v) is 14.8. The van der Waals surface area contributed by atoms with Crippen LogP contribution in [0.25, 0.3) is 11.1 Å². The zero-order chi connectivity index (χ0) is 29.1. The van der Waals surface area contributed by atoms with Crippen LogP contribution in [-0.2, 0) is 0 Å². The summed E-state index contributed by atoms with van der Waals surface area (Å²) in [5.41, 5.74) is 3.24. The molecule has 10 heteroatoms. The van der Waals surface area contributed by atoms with E-state index in [-0.39, 0.29) is 42.1 Å². The van der Waals surface area contributed by atoms with Gasteiger partial charge in [-0.05, 0) is 104 Å². The Morgan fingerprint density at radius 3 is 2.02 bits per heavy atom. The molecule has 6 rings (SSSR count). The van der Waals surface area contributed by atoms with Gasteiger partial charge in [0, 0.05) is 49.4 Å². The molecule has 3 fully saturated rings. The van der Waals surface area contributed by atoms with E-state index in [1.54, 1.807) is 40.1 Å². The monoisotopic (exact) mass is 610 g/mol. The molecule has 3 heterocycles. The lowest BCUT2D eigenvalue weighted by molar-refractivity contribution is 0.0535. The lowest BCUT2D eigenvalue weighted by atomic mass is 9.89. The summed E-state index contributed by atoms with van der Waals surface area (Å²) < 4.78 is 34.4. The van der Waals surface area contributed by atoms with Gasteiger partial charge in [0.15, 0.2) is 0 Å². The molecule has 7 nitrogen and oxygen atoms in total. The van der Waals surface area contributed by atoms with Crippen LogP contribution in [0.2, 0.25) is 0 Å². The van der Waals surface area contributed by atoms with E-state index >= 15 is 0 Å². The third-order valence-corrected chi connectivity index (χ3v) is 8.52. The minimum absolute atomic E-state index is 0. The Balaban J connectivity index is 0.00000368. The van der Waals surface area contributed by atoms with Crippen LogP contribution in [0.3, 0.4) is 0 Å². The number of amides is 2. The third-order valence-electron chi connectivity index (χ3n) is 8.52. The number of piperazine rings is 1. The van der Waals surface area contributed by atoms with Gasteiger partial charge in [0.2, 0.25) is 0 Å². The summed E-state index contributed by atoms with van der Waals surface area (Å²) in [7, 11) is 0. The Bertz CT molecular complexity index is 1430. The van der Waals surface area contributed by atoms with Gasteiger partial charge in [-0.25, -0.2) is 8.78 Å². The van der Waals surface area contributed by atoms with Crippen LogP contribution in [-0.4, -0.2) is 80.1 Å². The maximum absolute atomic E-state index is 14.5. The summed E-state index contributed by atoms with van der Waals surface area (Å²) in [5, 5.41) is 6.61. The minimum Gasteiger partial charge on any atom is -0.488 e. The predicted molar refractivity (Wildman–Crippen MR) is 164 cm³/mol. The molecule has 2 amide bonds. The molecular formula is C33H37ClF2N4O3. The molecule has 0 bridgehead atoms. The molecule has 0 radical (unpaired) electrons. The van der Waals surface area contributed by atoms with Crippen molar-refractivity contribution in [1.29, 1.82) is 0 Å². The number of piperidine rings is 1. The number of ether oxygens (including phenoxy) is 1. The summed E-state index contributed by atoms with van der Waals surface area (Å²) in [6.45, 7) is 4.90.